The van der Waals surface area contributed by atoms with Crippen LogP contribution in [0, 0.1) is 10.1 Å². The van der Waals surface area contributed by atoms with Crippen molar-refractivity contribution in [3.63, 3.8) is 0 Å². The van der Waals surface area contributed by atoms with E-state index in [0.717, 1.165) is 0 Å². The monoisotopic (exact) mass is 393 g/mol. The molecule has 0 unspecified atom stereocenters. The van der Waals surface area contributed by atoms with Crippen LogP contribution in [0.1, 0.15) is 10.4 Å². The van der Waals surface area contributed by atoms with E-state index in [-0.39, 0.29) is 11.4 Å². The largest absolute Gasteiger partial charge is 0.483 e. The summed E-state index contributed by atoms with van der Waals surface area (Å²) in [4.78, 5) is 33.6. The first-order chi connectivity index (χ1) is 11.5. The van der Waals surface area contributed by atoms with E-state index in [4.69, 9.17) is 4.74 Å². The molecule has 0 fully saturated rings. The number of carbonyl (C=O) groups excluding carboxylic acids is 2. The second-order valence-corrected chi connectivity index (χ2v) is 5.38. The molecule has 0 aliphatic carbocycles. The molecule has 0 aliphatic rings. The van der Waals surface area contributed by atoms with Crippen molar-refractivity contribution >= 4 is 33.4 Å². The molecule has 0 saturated carbocycles. The first-order valence-corrected chi connectivity index (χ1v) is 7.47. The van der Waals surface area contributed by atoms with Crippen molar-refractivity contribution in [3.05, 3.63) is 68.7 Å². The normalized spacial score (nSPS) is 9.88. The minimum atomic E-state index is -0.609. The van der Waals surface area contributed by atoms with Gasteiger partial charge in [0.05, 0.1) is 16.6 Å². The summed E-state index contributed by atoms with van der Waals surface area (Å²) < 4.78 is 5.73. The van der Waals surface area contributed by atoms with Crippen LogP contribution in [0.5, 0.6) is 5.75 Å². The lowest BCUT2D eigenvalue weighted by Crippen LogP contribution is -2.43. The minimum absolute atomic E-state index is 0.143. The number of nitrogens with one attached hydrogen (secondary N) is 2. The van der Waals surface area contributed by atoms with Gasteiger partial charge in [-0.1, -0.05) is 18.2 Å². The molecule has 0 aromatic heterocycles. The Morgan fingerprint density at radius 3 is 2.58 bits per heavy atom. The molecule has 2 aromatic carbocycles. The van der Waals surface area contributed by atoms with Crippen molar-refractivity contribution in [1.82, 2.24) is 10.9 Å². The van der Waals surface area contributed by atoms with Crippen LogP contribution >= 0.6 is 15.9 Å². The molecule has 9 heteroatoms. The number of ether oxygens (including phenoxy) is 1. The summed E-state index contributed by atoms with van der Waals surface area (Å²) in [7, 11) is 0. The molecule has 2 aromatic rings. The Hall–Kier alpha value is -2.94. The second kappa shape index (κ2) is 8.06. The van der Waals surface area contributed by atoms with Crippen LogP contribution in [0.15, 0.2) is 53.0 Å². The van der Waals surface area contributed by atoms with Gasteiger partial charge in [0.1, 0.15) is 5.75 Å². The molecule has 0 saturated heterocycles. The highest BCUT2D eigenvalue weighted by Gasteiger charge is 2.11. The predicted molar refractivity (Wildman–Crippen MR) is 88.3 cm³/mol. The van der Waals surface area contributed by atoms with Crippen molar-refractivity contribution < 1.29 is 19.2 Å². The molecule has 2 amide bonds. The molecular formula is C15H12BrN3O5. The summed E-state index contributed by atoms with van der Waals surface area (Å²) in [5.41, 5.74) is 4.66. The third kappa shape index (κ3) is 4.78. The number of hydrogen-bond donors (Lipinski definition) is 2. The first kappa shape index (κ1) is 17.4. The quantitative estimate of drug-likeness (QED) is 0.597. The molecule has 0 bridgehead atoms. The van der Waals surface area contributed by atoms with Crippen molar-refractivity contribution in [3.8, 4) is 5.75 Å². The predicted octanol–water partition coefficient (Wildman–Crippen LogP) is 2.20. The average Bonchev–Trinajstić information content (AvgIpc) is 2.58. The summed E-state index contributed by atoms with van der Waals surface area (Å²) in [5.74, 6) is -0.926. The lowest BCUT2D eigenvalue weighted by atomic mass is 10.2. The molecule has 0 atom stereocenters. The number of amides is 2. The van der Waals surface area contributed by atoms with Crippen molar-refractivity contribution in [2.45, 2.75) is 0 Å². The lowest BCUT2D eigenvalue weighted by Gasteiger charge is -2.09. The fourth-order valence-electron chi connectivity index (χ4n) is 1.71. The molecule has 0 aliphatic heterocycles. The van der Waals surface area contributed by atoms with E-state index in [1.54, 1.807) is 24.3 Å². The Morgan fingerprint density at radius 1 is 1.12 bits per heavy atom. The van der Waals surface area contributed by atoms with Crippen LogP contribution in [0.2, 0.25) is 0 Å². The molecule has 124 valence electrons. The number of benzene rings is 2. The van der Waals surface area contributed by atoms with Gasteiger partial charge in [0, 0.05) is 10.5 Å². The van der Waals surface area contributed by atoms with E-state index < -0.39 is 23.3 Å². The van der Waals surface area contributed by atoms with Crippen LogP contribution in [0.3, 0.4) is 0 Å². The van der Waals surface area contributed by atoms with Gasteiger partial charge in [-0.3, -0.25) is 30.6 Å². The maximum atomic E-state index is 11.9. The number of hydrazine groups is 1. The number of rotatable bonds is 5. The Bertz CT molecular complexity index is 781. The Balaban J connectivity index is 1.84. The minimum Gasteiger partial charge on any atom is -0.483 e. The van der Waals surface area contributed by atoms with Gasteiger partial charge >= 0.3 is 0 Å². The fourth-order valence-corrected chi connectivity index (χ4v) is 2.18. The number of hydrogen-bond acceptors (Lipinski definition) is 5. The Kier molecular flexibility index (Phi) is 5.85. The summed E-state index contributed by atoms with van der Waals surface area (Å²) in [6, 6.07) is 12.2. The van der Waals surface area contributed by atoms with E-state index in [2.05, 4.69) is 26.8 Å². The van der Waals surface area contributed by atoms with Gasteiger partial charge in [0.25, 0.3) is 17.5 Å². The van der Waals surface area contributed by atoms with Crippen molar-refractivity contribution in [1.29, 1.82) is 0 Å². The summed E-state index contributed by atoms with van der Waals surface area (Å²) in [6.45, 7) is -0.405. The number of nitro groups is 1. The van der Waals surface area contributed by atoms with E-state index >= 15 is 0 Å². The van der Waals surface area contributed by atoms with Gasteiger partial charge < -0.3 is 4.74 Å². The van der Waals surface area contributed by atoms with E-state index in [9.17, 15) is 19.7 Å². The molecule has 2 N–H and O–H groups in total. The van der Waals surface area contributed by atoms with Crippen LogP contribution < -0.4 is 15.6 Å². The van der Waals surface area contributed by atoms with Crippen LogP contribution in [0.25, 0.3) is 0 Å². The van der Waals surface area contributed by atoms with E-state index in [1.807, 2.05) is 0 Å². The van der Waals surface area contributed by atoms with Crippen molar-refractivity contribution in [2.75, 3.05) is 6.61 Å². The topological polar surface area (TPSA) is 111 Å². The van der Waals surface area contributed by atoms with E-state index in [1.165, 1.54) is 24.3 Å². The van der Waals surface area contributed by atoms with Crippen LogP contribution in [0.4, 0.5) is 5.69 Å². The highest BCUT2D eigenvalue weighted by atomic mass is 79.9. The maximum Gasteiger partial charge on any atom is 0.276 e. The Morgan fingerprint density at radius 2 is 1.88 bits per heavy atom. The van der Waals surface area contributed by atoms with Gasteiger partial charge in [0.2, 0.25) is 0 Å². The maximum absolute atomic E-state index is 11.9. The third-order valence-electron chi connectivity index (χ3n) is 2.83. The molecule has 24 heavy (non-hydrogen) atoms. The zero-order valence-electron chi connectivity index (χ0n) is 12.2. The van der Waals surface area contributed by atoms with Gasteiger partial charge in [-0.25, -0.2) is 0 Å². The smallest absolute Gasteiger partial charge is 0.276 e. The third-order valence-corrected chi connectivity index (χ3v) is 3.52. The average molecular weight is 394 g/mol. The number of nitrogens with zero attached hydrogens (tertiary/aromatic N) is 1. The number of halogens is 1. The standard InChI is InChI=1S/C15H12BrN3O5/c16-13-7-2-1-6-12(13)15(21)18-17-14(20)9-24-11-5-3-4-10(8-11)19(22)23/h1-8H,9H2,(H,17,20)(H,18,21). The number of non-ortho nitro benzene ring substituents is 1. The van der Waals surface area contributed by atoms with Gasteiger partial charge in [0.15, 0.2) is 6.61 Å². The van der Waals surface area contributed by atoms with Crippen LogP contribution in [-0.4, -0.2) is 23.3 Å². The number of nitro benzene ring substituents is 1. The van der Waals surface area contributed by atoms with Gasteiger partial charge in [-0.2, -0.15) is 0 Å². The highest BCUT2D eigenvalue weighted by molar-refractivity contribution is 9.10. The highest BCUT2D eigenvalue weighted by Crippen LogP contribution is 2.19. The summed E-state index contributed by atoms with van der Waals surface area (Å²) in [6.07, 6.45) is 0. The van der Waals surface area contributed by atoms with Gasteiger partial charge in [-0.05, 0) is 34.1 Å². The molecular weight excluding hydrogens is 382 g/mol. The molecule has 8 nitrogen and oxygen atoms in total. The molecule has 0 spiro atoms. The fraction of sp³-hybridized carbons (Fsp3) is 0.0667. The second-order valence-electron chi connectivity index (χ2n) is 4.53. The number of carbonyl (C=O) groups is 2. The molecule has 2 rings (SSSR count). The zero-order valence-corrected chi connectivity index (χ0v) is 13.8. The van der Waals surface area contributed by atoms with Gasteiger partial charge in [-0.15, -0.1) is 0 Å². The van der Waals surface area contributed by atoms with Crippen LogP contribution in [-0.2, 0) is 4.79 Å². The molecule has 0 heterocycles. The SMILES string of the molecule is O=C(COc1cccc([N+](=O)[O-])c1)NNC(=O)c1ccccc1Br. The summed E-state index contributed by atoms with van der Waals surface area (Å²) in [5, 5.41) is 10.7. The first-order valence-electron chi connectivity index (χ1n) is 6.68. The molecule has 0 radical (unpaired) electrons. The Labute approximate surface area is 145 Å². The van der Waals surface area contributed by atoms with Crippen molar-refractivity contribution in [2.24, 2.45) is 0 Å². The zero-order chi connectivity index (χ0) is 17.5. The lowest BCUT2D eigenvalue weighted by molar-refractivity contribution is -0.384. The van der Waals surface area contributed by atoms with E-state index in [0.29, 0.717) is 10.0 Å². The summed E-state index contributed by atoms with van der Waals surface area (Å²) >= 11 is 3.23.